The van der Waals surface area contributed by atoms with E-state index in [4.69, 9.17) is 9.26 Å². The van der Waals surface area contributed by atoms with Gasteiger partial charge in [0.05, 0.1) is 18.4 Å². The van der Waals surface area contributed by atoms with Gasteiger partial charge in [-0.2, -0.15) is 0 Å². The van der Waals surface area contributed by atoms with Crippen LogP contribution in [0, 0.1) is 5.92 Å². The SMILES string of the molecule is O=C(c1cnoc1-c1ccc2c(c1)CCO2)C1CC1. The van der Waals surface area contributed by atoms with E-state index in [0.717, 1.165) is 37.2 Å². The van der Waals surface area contributed by atoms with Crippen molar-refractivity contribution in [2.24, 2.45) is 5.92 Å². The Morgan fingerprint density at radius 3 is 3.05 bits per heavy atom. The standard InChI is InChI=1S/C15H13NO3/c17-14(9-1-2-9)12-8-16-19-15(12)11-3-4-13-10(7-11)5-6-18-13/h3-4,7-9H,1-2,5-6H2. The van der Waals surface area contributed by atoms with Crippen LogP contribution < -0.4 is 4.74 Å². The summed E-state index contributed by atoms with van der Waals surface area (Å²) in [5, 5.41) is 3.80. The molecule has 2 heterocycles. The first-order valence-corrected chi connectivity index (χ1v) is 6.58. The van der Waals surface area contributed by atoms with E-state index in [1.54, 1.807) is 6.20 Å². The molecule has 0 N–H and O–H groups in total. The summed E-state index contributed by atoms with van der Waals surface area (Å²) in [6.45, 7) is 0.725. The Bertz CT molecular complexity index is 655. The zero-order valence-electron chi connectivity index (χ0n) is 10.4. The zero-order valence-corrected chi connectivity index (χ0v) is 10.4. The number of benzene rings is 1. The second-order valence-corrected chi connectivity index (χ2v) is 5.13. The number of rotatable bonds is 3. The number of carbonyl (C=O) groups excluding carboxylic acids is 1. The number of carbonyl (C=O) groups is 1. The van der Waals surface area contributed by atoms with E-state index in [1.807, 2.05) is 18.2 Å². The fourth-order valence-corrected chi connectivity index (χ4v) is 2.52. The Labute approximate surface area is 110 Å². The number of ether oxygens (including phenoxy) is 1. The highest BCUT2D eigenvalue weighted by Crippen LogP contribution is 2.37. The van der Waals surface area contributed by atoms with Gasteiger partial charge in [-0.1, -0.05) is 5.16 Å². The van der Waals surface area contributed by atoms with Crippen molar-refractivity contribution < 1.29 is 14.1 Å². The van der Waals surface area contributed by atoms with Crippen LogP contribution in [0.25, 0.3) is 11.3 Å². The average molecular weight is 255 g/mol. The molecule has 1 aromatic carbocycles. The first-order valence-electron chi connectivity index (χ1n) is 6.58. The van der Waals surface area contributed by atoms with Crippen LogP contribution in [-0.2, 0) is 6.42 Å². The van der Waals surface area contributed by atoms with Crippen molar-refractivity contribution in [3.8, 4) is 17.1 Å². The van der Waals surface area contributed by atoms with Crippen LogP contribution in [0.15, 0.2) is 28.9 Å². The summed E-state index contributed by atoms with van der Waals surface area (Å²) in [6.07, 6.45) is 4.42. The molecule has 1 aliphatic carbocycles. The van der Waals surface area contributed by atoms with Gasteiger partial charge in [-0.15, -0.1) is 0 Å². The lowest BCUT2D eigenvalue weighted by Crippen LogP contribution is -2.01. The van der Waals surface area contributed by atoms with Crippen LogP contribution in [0.2, 0.25) is 0 Å². The van der Waals surface area contributed by atoms with Gasteiger partial charge < -0.3 is 9.26 Å². The van der Waals surface area contributed by atoms with Gasteiger partial charge in [-0.05, 0) is 36.6 Å². The van der Waals surface area contributed by atoms with Crippen molar-refractivity contribution in [1.29, 1.82) is 0 Å². The molecule has 2 aromatic rings. The molecule has 0 saturated heterocycles. The lowest BCUT2D eigenvalue weighted by molar-refractivity contribution is 0.0968. The van der Waals surface area contributed by atoms with Gasteiger partial charge in [-0.3, -0.25) is 4.79 Å². The Kier molecular flexibility index (Phi) is 2.24. The summed E-state index contributed by atoms with van der Waals surface area (Å²) in [6, 6.07) is 5.90. The lowest BCUT2D eigenvalue weighted by Gasteiger charge is -2.03. The van der Waals surface area contributed by atoms with E-state index in [9.17, 15) is 4.79 Å². The van der Waals surface area contributed by atoms with E-state index >= 15 is 0 Å². The van der Waals surface area contributed by atoms with Crippen molar-refractivity contribution in [1.82, 2.24) is 5.16 Å². The first-order chi connectivity index (χ1) is 9.33. The number of ketones is 1. The van der Waals surface area contributed by atoms with Crippen molar-refractivity contribution in [2.75, 3.05) is 6.61 Å². The van der Waals surface area contributed by atoms with Crippen LogP contribution in [0.1, 0.15) is 28.8 Å². The first kappa shape index (κ1) is 10.8. The van der Waals surface area contributed by atoms with E-state index in [-0.39, 0.29) is 11.7 Å². The predicted molar refractivity (Wildman–Crippen MR) is 68.2 cm³/mol. The van der Waals surface area contributed by atoms with E-state index < -0.39 is 0 Å². The molecule has 19 heavy (non-hydrogen) atoms. The maximum absolute atomic E-state index is 12.2. The van der Waals surface area contributed by atoms with Crippen molar-refractivity contribution in [3.63, 3.8) is 0 Å². The van der Waals surface area contributed by atoms with Gasteiger partial charge in [0.1, 0.15) is 5.75 Å². The minimum atomic E-state index is 0.160. The van der Waals surface area contributed by atoms with Crippen molar-refractivity contribution in [3.05, 3.63) is 35.5 Å². The second kappa shape index (κ2) is 3.95. The number of aromatic nitrogens is 1. The van der Waals surface area contributed by atoms with E-state index in [0.29, 0.717) is 11.3 Å². The van der Waals surface area contributed by atoms with Crippen LogP contribution in [0.4, 0.5) is 0 Å². The Morgan fingerprint density at radius 1 is 1.32 bits per heavy atom. The van der Waals surface area contributed by atoms with Crippen LogP contribution in [0.3, 0.4) is 0 Å². The molecule has 0 radical (unpaired) electrons. The molecule has 1 fully saturated rings. The normalized spacial score (nSPS) is 17.1. The van der Waals surface area contributed by atoms with Gasteiger partial charge in [-0.25, -0.2) is 0 Å². The molecule has 4 nitrogen and oxygen atoms in total. The monoisotopic (exact) mass is 255 g/mol. The summed E-state index contributed by atoms with van der Waals surface area (Å²) < 4.78 is 10.8. The smallest absolute Gasteiger partial charge is 0.177 e. The predicted octanol–water partition coefficient (Wildman–Crippen LogP) is 2.87. The molecule has 0 bridgehead atoms. The molecule has 4 heteroatoms. The lowest BCUT2D eigenvalue weighted by atomic mass is 10.0. The van der Waals surface area contributed by atoms with Gasteiger partial charge in [0.15, 0.2) is 11.5 Å². The summed E-state index contributed by atoms with van der Waals surface area (Å²) in [5.41, 5.74) is 2.69. The van der Waals surface area contributed by atoms with Gasteiger partial charge in [0.2, 0.25) is 0 Å². The fourth-order valence-electron chi connectivity index (χ4n) is 2.52. The highest BCUT2D eigenvalue weighted by molar-refractivity contribution is 6.03. The molecular weight excluding hydrogens is 242 g/mol. The summed E-state index contributed by atoms with van der Waals surface area (Å²) in [7, 11) is 0. The molecule has 0 atom stereocenters. The number of fused-ring (bicyclic) bond motifs is 1. The van der Waals surface area contributed by atoms with E-state index in [2.05, 4.69) is 5.16 Å². The quantitative estimate of drug-likeness (QED) is 0.791. The third-order valence-electron chi connectivity index (χ3n) is 3.74. The van der Waals surface area contributed by atoms with Crippen LogP contribution in [-0.4, -0.2) is 17.5 Å². The molecule has 1 saturated carbocycles. The third kappa shape index (κ3) is 1.75. The molecule has 96 valence electrons. The molecule has 0 spiro atoms. The minimum absolute atomic E-state index is 0.160. The maximum Gasteiger partial charge on any atom is 0.177 e. The molecule has 1 aromatic heterocycles. The molecular formula is C15H13NO3. The maximum atomic E-state index is 12.2. The minimum Gasteiger partial charge on any atom is -0.493 e. The molecule has 2 aliphatic rings. The number of Topliss-reactive ketones (excluding diaryl/α,β-unsaturated/α-hetero) is 1. The van der Waals surface area contributed by atoms with Crippen molar-refractivity contribution >= 4 is 5.78 Å². The van der Waals surface area contributed by atoms with Crippen molar-refractivity contribution in [2.45, 2.75) is 19.3 Å². The fraction of sp³-hybridized carbons (Fsp3) is 0.333. The zero-order chi connectivity index (χ0) is 12.8. The Hall–Kier alpha value is -2.10. The molecule has 4 rings (SSSR count). The highest BCUT2D eigenvalue weighted by atomic mass is 16.5. The Morgan fingerprint density at radius 2 is 2.21 bits per heavy atom. The van der Waals surface area contributed by atoms with Crippen LogP contribution >= 0.6 is 0 Å². The number of nitrogens with zero attached hydrogens (tertiary/aromatic N) is 1. The summed E-state index contributed by atoms with van der Waals surface area (Å²) in [5.74, 6) is 1.86. The highest BCUT2D eigenvalue weighted by Gasteiger charge is 2.33. The largest absolute Gasteiger partial charge is 0.493 e. The number of hydrogen-bond acceptors (Lipinski definition) is 4. The van der Waals surface area contributed by atoms with Gasteiger partial charge in [0, 0.05) is 17.9 Å². The topological polar surface area (TPSA) is 52.3 Å². The number of hydrogen-bond donors (Lipinski definition) is 0. The molecule has 1 aliphatic heterocycles. The average Bonchev–Trinajstić information content (AvgIpc) is 2.99. The third-order valence-corrected chi connectivity index (χ3v) is 3.74. The summed E-state index contributed by atoms with van der Waals surface area (Å²) >= 11 is 0. The second-order valence-electron chi connectivity index (χ2n) is 5.13. The van der Waals surface area contributed by atoms with E-state index in [1.165, 1.54) is 5.56 Å². The molecule has 0 amide bonds. The van der Waals surface area contributed by atoms with Gasteiger partial charge in [0.25, 0.3) is 0 Å². The Balaban J connectivity index is 1.76. The van der Waals surface area contributed by atoms with Crippen LogP contribution in [0.5, 0.6) is 5.75 Å². The molecule has 0 unspecified atom stereocenters. The van der Waals surface area contributed by atoms with Gasteiger partial charge >= 0.3 is 0 Å². The summed E-state index contributed by atoms with van der Waals surface area (Å²) in [4.78, 5) is 12.2.